The van der Waals surface area contributed by atoms with E-state index in [9.17, 15) is 4.79 Å². The van der Waals surface area contributed by atoms with Crippen LogP contribution in [0.3, 0.4) is 0 Å². The predicted molar refractivity (Wildman–Crippen MR) is 83.2 cm³/mol. The molecule has 0 spiro atoms. The zero-order valence-electron chi connectivity index (χ0n) is 11.8. The molecule has 3 nitrogen and oxygen atoms in total. The first-order valence-electron chi connectivity index (χ1n) is 6.82. The molecule has 2 rings (SSSR count). The lowest BCUT2D eigenvalue weighted by molar-refractivity contribution is 0.0903. The van der Waals surface area contributed by atoms with Gasteiger partial charge >= 0.3 is 0 Å². The standard InChI is InChI=1S/C16H19ClN2O/c1-3-16(2,9-10-17)19-15(20)13-6-4-8-14-12(13)7-5-11-18-14/h4-8,11H,3,9-10H2,1-2H3,(H,19,20). The van der Waals surface area contributed by atoms with Gasteiger partial charge in [0.05, 0.1) is 5.52 Å². The zero-order valence-corrected chi connectivity index (χ0v) is 12.6. The van der Waals surface area contributed by atoms with E-state index >= 15 is 0 Å². The maximum atomic E-state index is 12.5. The summed E-state index contributed by atoms with van der Waals surface area (Å²) in [5.41, 5.74) is 1.21. The van der Waals surface area contributed by atoms with Crippen molar-refractivity contribution < 1.29 is 4.79 Å². The molecule has 1 unspecified atom stereocenters. The highest BCUT2D eigenvalue weighted by atomic mass is 35.5. The number of fused-ring (bicyclic) bond motifs is 1. The van der Waals surface area contributed by atoms with E-state index in [1.54, 1.807) is 6.20 Å². The molecule has 1 N–H and O–H groups in total. The Morgan fingerprint density at radius 1 is 1.35 bits per heavy atom. The molecule has 20 heavy (non-hydrogen) atoms. The molecule has 1 amide bonds. The molecule has 0 fully saturated rings. The van der Waals surface area contributed by atoms with Crippen LogP contribution in [-0.4, -0.2) is 22.3 Å². The van der Waals surface area contributed by atoms with Crippen molar-refractivity contribution in [2.24, 2.45) is 0 Å². The van der Waals surface area contributed by atoms with Crippen LogP contribution in [0.1, 0.15) is 37.0 Å². The highest BCUT2D eigenvalue weighted by molar-refractivity contribution is 6.18. The molecule has 1 aromatic carbocycles. The zero-order chi connectivity index (χ0) is 14.6. The topological polar surface area (TPSA) is 42.0 Å². The molecule has 0 radical (unpaired) electrons. The monoisotopic (exact) mass is 290 g/mol. The van der Waals surface area contributed by atoms with Gasteiger partial charge in [0.25, 0.3) is 5.91 Å². The number of amides is 1. The van der Waals surface area contributed by atoms with Crippen LogP contribution >= 0.6 is 11.6 Å². The van der Waals surface area contributed by atoms with E-state index in [1.165, 1.54) is 0 Å². The Morgan fingerprint density at radius 2 is 2.15 bits per heavy atom. The molecule has 1 heterocycles. The molecule has 4 heteroatoms. The van der Waals surface area contributed by atoms with Crippen LogP contribution in [0.25, 0.3) is 10.9 Å². The van der Waals surface area contributed by atoms with Crippen LogP contribution in [0.15, 0.2) is 36.5 Å². The van der Waals surface area contributed by atoms with Crippen molar-refractivity contribution in [3.63, 3.8) is 0 Å². The molecule has 0 aliphatic rings. The number of hydrogen-bond donors (Lipinski definition) is 1. The maximum Gasteiger partial charge on any atom is 0.252 e. The van der Waals surface area contributed by atoms with Gasteiger partial charge < -0.3 is 5.32 Å². The van der Waals surface area contributed by atoms with Crippen LogP contribution in [0.2, 0.25) is 0 Å². The Bertz CT molecular complexity index is 609. The first-order valence-corrected chi connectivity index (χ1v) is 7.35. The average Bonchev–Trinajstić information content (AvgIpc) is 2.46. The van der Waals surface area contributed by atoms with Crippen molar-refractivity contribution in [2.45, 2.75) is 32.2 Å². The molecule has 2 aromatic rings. The first-order chi connectivity index (χ1) is 9.59. The number of nitrogens with zero attached hydrogens (tertiary/aromatic N) is 1. The summed E-state index contributed by atoms with van der Waals surface area (Å²) in [6.45, 7) is 4.08. The molecule has 0 saturated carbocycles. The van der Waals surface area contributed by atoms with Gasteiger partial charge in [0, 0.05) is 28.6 Å². The molecule has 1 aromatic heterocycles. The minimum absolute atomic E-state index is 0.0712. The van der Waals surface area contributed by atoms with E-state index in [4.69, 9.17) is 11.6 Å². The summed E-state index contributed by atoms with van der Waals surface area (Å²) in [6.07, 6.45) is 3.32. The summed E-state index contributed by atoms with van der Waals surface area (Å²) in [7, 11) is 0. The van der Waals surface area contributed by atoms with Crippen LogP contribution in [0.5, 0.6) is 0 Å². The number of carbonyl (C=O) groups is 1. The number of benzene rings is 1. The van der Waals surface area contributed by atoms with Crippen molar-refractivity contribution in [2.75, 3.05) is 5.88 Å². The second kappa shape index (κ2) is 6.23. The average molecular weight is 291 g/mol. The van der Waals surface area contributed by atoms with E-state index in [1.807, 2.05) is 37.3 Å². The van der Waals surface area contributed by atoms with Crippen molar-refractivity contribution in [3.05, 3.63) is 42.1 Å². The molecule has 0 bridgehead atoms. The Labute approximate surface area is 124 Å². The van der Waals surface area contributed by atoms with Gasteiger partial charge in [-0.05, 0) is 38.0 Å². The summed E-state index contributed by atoms with van der Waals surface area (Å²) in [4.78, 5) is 16.8. The number of carbonyl (C=O) groups excluding carboxylic acids is 1. The number of nitrogens with one attached hydrogen (secondary N) is 1. The quantitative estimate of drug-likeness (QED) is 0.852. The Hall–Kier alpha value is -1.61. The molecular weight excluding hydrogens is 272 g/mol. The van der Waals surface area contributed by atoms with E-state index in [0.717, 1.165) is 23.7 Å². The number of aromatic nitrogens is 1. The molecular formula is C16H19ClN2O. The summed E-state index contributed by atoms with van der Waals surface area (Å²) >= 11 is 5.83. The second-order valence-electron chi connectivity index (χ2n) is 5.18. The Balaban J connectivity index is 2.32. The van der Waals surface area contributed by atoms with Crippen LogP contribution in [0.4, 0.5) is 0 Å². The van der Waals surface area contributed by atoms with Crippen molar-refractivity contribution in [3.8, 4) is 0 Å². The number of alkyl halides is 1. The van der Waals surface area contributed by atoms with E-state index in [-0.39, 0.29) is 11.4 Å². The third-order valence-corrected chi connectivity index (χ3v) is 3.92. The van der Waals surface area contributed by atoms with E-state index < -0.39 is 0 Å². The van der Waals surface area contributed by atoms with Crippen LogP contribution < -0.4 is 5.32 Å². The highest BCUT2D eigenvalue weighted by Gasteiger charge is 2.24. The lowest BCUT2D eigenvalue weighted by atomic mass is 9.94. The molecule has 1 atom stereocenters. The minimum Gasteiger partial charge on any atom is -0.347 e. The largest absolute Gasteiger partial charge is 0.347 e. The third-order valence-electron chi connectivity index (χ3n) is 3.73. The molecule has 0 aliphatic carbocycles. The lowest BCUT2D eigenvalue weighted by Crippen LogP contribution is -2.45. The van der Waals surface area contributed by atoms with Crippen molar-refractivity contribution in [1.29, 1.82) is 0 Å². The lowest BCUT2D eigenvalue weighted by Gasteiger charge is -2.29. The highest BCUT2D eigenvalue weighted by Crippen LogP contribution is 2.20. The Kier molecular flexibility index (Phi) is 4.61. The van der Waals surface area contributed by atoms with Gasteiger partial charge in [0.2, 0.25) is 0 Å². The molecule has 0 aliphatic heterocycles. The fraction of sp³-hybridized carbons (Fsp3) is 0.375. The van der Waals surface area contributed by atoms with E-state index in [0.29, 0.717) is 11.4 Å². The van der Waals surface area contributed by atoms with Gasteiger partial charge in [-0.2, -0.15) is 0 Å². The summed E-state index contributed by atoms with van der Waals surface area (Å²) in [5, 5.41) is 3.97. The van der Waals surface area contributed by atoms with Gasteiger partial charge in [-0.3, -0.25) is 9.78 Å². The number of pyridine rings is 1. The molecule has 106 valence electrons. The number of halogens is 1. The Morgan fingerprint density at radius 3 is 2.85 bits per heavy atom. The SMILES string of the molecule is CCC(C)(CCCl)NC(=O)c1cccc2ncccc12. The smallest absolute Gasteiger partial charge is 0.252 e. The van der Waals surface area contributed by atoms with Crippen molar-refractivity contribution in [1.82, 2.24) is 10.3 Å². The summed E-state index contributed by atoms with van der Waals surface area (Å²) in [5.74, 6) is 0.458. The fourth-order valence-electron chi connectivity index (χ4n) is 2.18. The van der Waals surface area contributed by atoms with Gasteiger partial charge in [-0.25, -0.2) is 0 Å². The second-order valence-corrected chi connectivity index (χ2v) is 5.56. The van der Waals surface area contributed by atoms with Gasteiger partial charge in [-0.1, -0.05) is 19.1 Å². The summed E-state index contributed by atoms with van der Waals surface area (Å²) < 4.78 is 0. The van der Waals surface area contributed by atoms with Gasteiger partial charge in [0.1, 0.15) is 0 Å². The van der Waals surface area contributed by atoms with Gasteiger partial charge in [0.15, 0.2) is 0 Å². The van der Waals surface area contributed by atoms with Crippen molar-refractivity contribution >= 4 is 28.4 Å². The first kappa shape index (κ1) is 14.8. The number of rotatable bonds is 5. The third kappa shape index (κ3) is 3.10. The van der Waals surface area contributed by atoms with Crippen LogP contribution in [-0.2, 0) is 0 Å². The van der Waals surface area contributed by atoms with Gasteiger partial charge in [-0.15, -0.1) is 11.6 Å². The maximum absolute atomic E-state index is 12.5. The normalized spacial score (nSPS) is 13.9. The summed E-state index contributed by atoms with van der Waals surface area (Å²) in [6, 6.07) is 9.36. The fourth-order valence-corrected chi connectivity index (χ4v) is 2.60. The predicted octanol–water partition coefficient (Wildman–Crippen LogP) is 3.76. The number of hydrogen-bond acceptors (Lipinski definition) is 2. The van der Waals surface area contributed by atoms with E-state index in [2.05, 4.69) is 17.2 Å². The minimum atomic E-state index is -0.275. The van der Waals surface area contributed by atoms with Crippen LogP contribution in [0, 0.1) is 0 Å². The molecule has 0 saturated heterocycles.